The van der Waals surface area contributed by atoms with Crippen molar-refractivity contribution in [1.29, 1.82) is 0 Å². The van der Waals surface area contributed by atoms with Gasteiger partial charge in [-0.3, -0.25) is 14.9 Å². The number of likely N-dealkylation sites (N-methyl/N-ethyl adjacent to an activating group) is 1. The minimum Gasteiger partial charge on any atom is -0.508 e. The van der Waals surface area contributed by atoms with Crippen molar-refractivity contribution < 1.29 is 19.2 Å². The summed E-state index contributed by atoms with van der Waals surface area (Å²) in [7, 11) is 1.46. The van der Waals surface area contributed by atoms with Gasteiger partial charge in [0.25, 0.3) is 0 Å². The Morgan fingerprint density at radius 2 is 1.95 bits per heavy atom. The van der Waals surface area contributed by atoms with Gasteiger partial charge < -0.3 is 14.5 Å². The number of phenols is 1. The highest BCUT2D eigenvalue weighted by Crippen LogP contribution is 2.17. The monoisotopic (exact) mass is 275 g/mol. The fourth-order valence-corrected chi connectivity index (χ4v) is 1.54. The molecular formula is C13H13N3O4. The topological polar surface area (TPSA) is 95.7 Å². The Hall–Kier alpha value is -2.83. The molecule has 1 aromatic heterocycles. The van der Waals surface area contributed by atoms with E-state index in [0.29, 0.717) is 11.4 Å². The van der Waals surface area contributed by atoms with Crippen LogP contribution in [0.1, 0.15) is 5.76 Å². The van der Waals surface area contributed by atoms with E-state index in [1.165, 1.54) is 42.3 Å². The number of nitrogens with one attached hydrogen (secondary N) is 1. The molecule has 7 nitrogen and oxygen atoms in total. The molecule has 0 saturated carbocycles. The molecule has 0 atom stereocenters. The Morgan fingerprint density at radius 3 is 2.50 bits per heavy atom. The molecule has 0 spiro atoms. The minimum absolute atomic E-state index is 0.0807. The van der Waals surface area contributed by atoms with Crippen molar-refractivity contribution >= 4 is 23.3 Å². The molecule has 0 aliphatic carbocycles. The van der Waals surface area contributed by atoms with Crippen LogP contribution >= 0.6 is 0 Å². The van der Waals surface area contributed by atoms with E-state index in [4.69, 9.17) is 4.52 Å². The molecule has 2 aromatic rings. The number of hydrogen-bond acceptors (Lipinski definition) is 5. The zero-order chi connectivity index (χ0) is 14.7. The molecular weight excluding hydrogens is 262 g/mol. The van der Waals surface area contributed by atoms with Crippen LogP contribution in [0.25, 0.3) is 0 Å². The third-order valence-electron chi connectivity index (χ3n) is 2.61. The van der Waals surface area contributed by atoms with Gasteiger partial charge in [-0.25, -0.2) is 0 Å². The standard InChI is InChI=1S/C13H13N3O4/c1-8-7-11(15-20-8)14-12(18)13(19)16(2)9-3-5-10(17)6-4-9/h3-7,17H,1-2H3,(H,14,15,18). The van der Waals surface area contributed by atoms with Crippen LogP contribution in [-0.4, -0.2) is 29.1 Å². The van der Waals surface area contributed by atoms with E-state index in [-0.39, 0.29) is 11.6 Å². The predicted molar refractivity (Wildman–Crippen MR) is 71.4 cm³/mol. The summed E-state index contributed by atoms with van der Waals surface area (Å²) < 4.78 is 4.79. The van der Waals surface area contributed by atoms with E-state index >= 15 is 0 Å². The number of carbonyl (C=O) groups is 2. The third kappa shape index (κ3) is 2.94. The highest BCUT2D eigenvalue weighted by molar-refractivity contribution is 6.44. The number of nitrogens with zero attached hydrogens (tertiary/aromatic N) is 2. The Labute approximate surface area is 114 Å². The largest absolute Gasteiger partial charge is 0.508 e. The molecule has 20 heavy (non-hydrogen) atoms. The second-order valence-electron chi connectivity index (χ2n) is 4.16. The van der Waals surface area contributed by atoms with Crippen molar-refractivity contribution in [2.24, 2.45) is 0 Å². The summed E-state index contributed by atoms with van der Waals surface area (Å²) in [6.07, 6.45) is 0. The molecule has 0 fully saturated rings. The van der Waals surface area contributed by atoms with Gasteiger partial charge in [-0.15, -0.1) is 0 Å². The molecule has 1 aromatic carbocycles. The second-order valence-corrected chi connectivity index (χ2v) is 4.16. The zero-order valence-corrected chi connectivity index (χ0v) is 11.0. The van der Waals surface area contributed by atoms with E-state index in [2.05, 4.69) is 10.5 Å². The number of hydrogen-bond donors (Lipinski definition) is 2. The molecule has 2 N–H and O–H groups in total. The number of rotatable bonds is 2. The maximum atomic E-state index is 11.9. The van der Waals surface area contributed by atoms with Crippen LogP contribution < -0.4 is 10.2 Å². The molecule has 0 aliphatic rings. The van der Waals surface area contributed by atoms with Gasteiger partial charge in [0.1, 0.15) is 11.5 Å². The first kappa shape index (κ1) is 13.6. The van der Waals surface area contributed by atoms with Crippen molar-refractivity contribution in [2.45, 2.75) is 6.92 Å². The fourth-order valence-electron chi connectivity index (χ4n) is 1.54. The lowest BCUT2D eigenvalue weighted by atomic mass is 10.3. The molecule has 7 heteroatoms. The molecule has 1 heterocycles. The summed E-state index contributed by atoms with van der Waals surface area (Å²) in [6, 6.07) is 7.42. The average Bonchev–Trinajstić information content (AvgIpc) is 2.83. The Kier molecular flexibility index (Phi) is 3.69. The van der Waals surface area contributed by atoms with Crippen molar-refractivity contribution in [3.8, 4) is 5.75 Å². The number of phenolic OH excluding ortho intramolecular Hbond substituents is 1. The molecule has 2 amide bonds. The second kappa shape index (κ2) is 5.43. The van der Waals surface area contributed by atoms with Gasteiger partial charge in [0, 0.05) is 18.8 Å². The average molecular weight is 275 g/mol. The van der Waals surface area contributed by atoms with Gasteiger partial charge in [0.15, 0.2) is 5.82 Å². The molecule has 104 valence electrons. The Balaban J connectivity index is 2.06. The van der Waals surface area contributed by atoms with E-state index in [1.54, 1.807) is 6.92 Å². The first-order valence-electron chi connectivity index (χ1n) is 5.79. The van der Waals surface area contributed by atoms with Crippen LogP contribution in [-0.2, 0) is 9.59 Å². The van der Waals surface area contributed by atoms with Crippen molar-refractivity contribution in [2.75, 3.05) is 17.3 Å². The smallest absolute Gasteiger partial charge is 0.316 e. The number of amides is 2. The summed E-state index contributed by atoms with van der Waals surface area (Å²) in [4.78, 5) is 24.9. The van der Waals surface area contributed by atoms with Gasteiger partial charge >= 0.3 is 11.8 Å². The summed E-state index contributed by atoms with van der Waals surface area (Å²) >= 11 is 0. The quantitative estimate of drug-likeness (QED) is 0.805. The molecule has 0 radical (unpaired) electrons. The molecule has 0 aliphatic heterocycles. The van der Waals surface area contributed by atoms with Crippen LogP contribution in [0.4, 0.5) is 11.5 Å². The third-order valence-corrected chi connectivity index (χ3v) is 2.61. The molecule has 2 rings (SSSR count). The van der Waals surface area contributed by atoms with E-state index in [0.717, 1.165) is 0 Å². The fraction of sp³-hybridized carbons (Fsp3) is 0.154. The van der Waals surface area contributed by atoms with E-state index in [9.17, 15) is 14.7 Å². The first-order chi connectivity index (χ1) is 9.47. The first-order valence-corrected chi connectivity index (χ1v) is 5.79. The van der Waals surface area contributed by atoms with E-state index in [1.807, 2.05) is 0 Å². The number of benzene rings is 1. The van der Waals surface area contributed by atoms with Crippen molar-refractivity contribution in [1.82, 2.24) is 5.16 Å². The van der Waals surface area contributed by atoms with Crippen LogP contribution in [0.2, 0.25) is 0 Å². The number of aromatic hydroxyl groups is 1. The lowest BCUT2D eigenvalue weighted by Crippen LogP contribution is -2.37. The van der Waals surface area contributed by atoms with Crippen LogP contribution in [0, 0.1) is 6.92 Å². The van der Waals surface area contributed by atoms with Gasteiger partial charge in [-0.2, -0.15) is 0 Å². The minimum atomic E-state index is -0.825. The number of aryl methyl sites for hydroxylation is 1. The number of aromatic nitrogens is 1. The normalized spacial score (nSPS) is 10.1. The van der Waals surface area contributed by atoms with Crippen LogP contribution in [0.5, 0.6) is 5.75 Å². The highest BCUT2D eigenvalue weighted by atomic mass is 16.5. The van der Waals surface area contributed by atoms with Crippen LogP contribution in [0.15, 0.2) is 34.9 Å². The molecule has 0 bridgehead atoms. The van der Waals surface area contributed by atoms with Gasteiger partial charge in [-0.1, -0.05) is 5.16 Å². The molecule has 0 unspecified atom stereocenters. The maximum Gasteiger partial charge on any atom is 0.316 e. The van der Waals surface area contributed by atoms with Gasteiger partial charge in [0.2, 0.25) is 0 Å². The summed E-state index contributed by atoms with van der Waals surface area (Å²) in [6.45, 7) is 1.67. The summed E-state index contributed by atoms with van der Waals surface area (Å²) in [5, 5.41) is 15.1. The van der Waals surface area contributed by atoms with Gasteiger partial charge in [0.05, 0.1) is 0 Å². The highest BCUT2D eigenvalue weighted by Gasteiger charge is 2.21. The predicted octanol–water partition coefficient (Wildman–Crippen LogP) is 1.29. The summed E-state index contributed by atoms with van der Waals surface area (Å²) in [5.41, 5.74) is 0.485. The molecule has 0 saturated heterocycles. The number of carbonyl (C=O) groups excluding carboxylic acids is 2. The number of anilines is 2. The van der Waals surface area contributed by atoms with Crippen molar-refractivity contribution in [3.05, 3.63) is 36.1 Å². The van der Waals surface area contributed by atoms with Gasteiger partial charge in [-0.05, 0) is 31.2 Å². The van der Waals surface area contributed by atoms with Crippen molar-refractivity contribution in [3.63, 3.8) is 0 Å². The Morgan fingerprint density at radius 1 is 1.30 bits per heavy atom. The zero-order valence-electron chi connectivity index (χ0n) is 11.0. The SMILES string of the molecule is Cc1cc(NC(=O)C(=O)N(C)c2ccc(O)cc2)no1. The maximum absolute atomic E-state index is 11.9. The van der Waals surface area contributed by atoms with Crippen LogP contribution in [0.3, 0.4) is 0 Å². The van der Waals surface area contributed by atoms with E-state index < -0.39 is 11.8 Å². The lowest BCUT2D eigenvalue weighted by Gasteiger charge is -2.16. The Bertz CT molecular complexity index is 633. The summed E-state index contributed by atoms with van der Waals surface area (Å²) in [5.74, 6) is -0.790. The lowest BCUT2D eigenvalue weighted by molar-refractivity contribution is -0.134.